The highest BCUT2D eigenvalue weighted by Crippen LogP contribution is 2.30. The fourth-order valence-corrected chi connectivity index (χ4v) is 3.88. The summed E-state index contributed by atoms with van der Waals surface area (Å²) in [6.45, 7) is 2.07. The number of fused-ring (bicyclic) bond motifs is 1. The first-order chi connectivity index (χ1) is 14.3. The third-order valence-corrected chi connectivity index (χ3v) is 5.35. The highest BCUT2D eigenvalue weighted by atomic mass is 16.5. The van der Waals surface area contributed by atoms with Gasteiger partial charge in [-0.2, -0.15) is 5.10 Å². The molecule has 1 saturated heterocycles. The Morgan fingerprint density at radius 2 is 2.00 bits per heavy atom. The number of benzene rings is 1. The van der Waals surface area contributed by atoms with Crippen molar-refractivity contribution in [2.45, 2.75) is 18.9 Å². The molecule has 3 N–H and O–H groups in total. The molecule has 1 aliphatic heterocycles. The van der Waals surface area contributed by atoms with Gasteiger partial charge >= 0.3 is 0 Å². The Kier molecular flexibility index (Phi) is 4.61. The Balaban J connectivity index is 1.41. The molecule has 0 saturated carbocycles. The molecular formula is C21H23N7O. The van der Waals surface area contributed by atoms with Crippen LogP contribution in [0.15, 0.2) is 48.8 Å². The molecule has 0 spiro atoms. The normalized spacial score (nSPS) is 14.9. The number of hydrogen-bond donors (Lipinski definition) is 3. The number of nitrogens with one attached hydrogen (secondary N) is 3. The summed E-state index contributed by atoms with van der Waals surface area (Å²) in [5, 5.41) is 14.1. The fraction of sp³-hybridized carbons (Fsp3) is 0.286. The molecule has 1 fully saturated rings. The Labute approximate surface area is 168 Å². The molecule has 4 aromatic rings. The summed E-state index contributed by atoms with van der Waals surface area (Å²) < 4.78 is 7.69. The summed E-state index contributed by atoms with van der Waals surface area (Å²) >= 11 is 0. The molecule has 8 nitrogen and oxygen atoms in total. The van der Waals surface area contributed by atoms with Crippen molar-refractivity contribution in [2.75, 3.05) is 25.5 Å². The number of para-hydroxylation sites is 1. The van der Waals surface area contributed by atoms with Crippen LogP contribution in [0, 0.1) is 0 Å². The van der Waals surface area contributed by atoms with E-state index in [1.54, 1.807) is 13.3 Å². The van der Waals surface area contributed by atoms with Gasteiger partial charge in [0, 0.05) is 23.9 Å². The average molecular weight is 389 g/mol. The zero-order chi connectivity index (χ0) is 19.6. The van der Waals surface area contributed by atoms with E-state index in [1.807, 2.05) is 36.4 Å². The van der Waals surface area contributed by atoms with E-state index in [0.29, 0.717) is 17.7 Å². The molecule has 29 heavy (non-hydrogen) atoms. The van der Waals surface area contributed by atoms with Crippen molar-refractivity contribution >= 4 is 22.8 Å². The van der Waals surface area contributed by atoms with Gasteiger partial charge in [-0.3, -0.25) is 5.10 Å². The minimum atomic E-state index is 0.459. The van der Waals surface area contributed by atoms with Crippen molar-refractivity contribution in [3.05, 3.63) is 48.8 Å². The van der Waals surface area contributed by atoms with E-state index in [9.17, 15) is 0 Å². The van der Waals surface area contributed by atoms with Crippen LogP contribution in [0.1, 0.15) is 18.9 Å². The van der Waals surface area contributed by atoms with Gasteiger partial charge in [0.15, 0.2) is 17.3 Å². The molecule has 3 aromatic heterocycles. The minimum Gasteiger partial charge on any atom is -0.496 e. The van der Waals surface area contributed by atoms with Gasteiger partial charge in [0.1, 0.15) is 11.3 Å². The van der Waals surface area contributed by atoms with Gasteiger partial charge in [-0.25, -0.2) is 9.97 Å². The average Bonchev–Trinajstić information content (AvgIpc) is 3.41. The van der Waals surface area contributed by atoms with Gasteiger partial charge in [0.2, 0.25) is 0 Å². The maximum Gasteiger partial charge on any atom is 0.161 e. The largest absolute Gasteiger partial charge is 0.496 e. The van der Waals surface area contributed by atoms with Gasteiger partial charge in [0.05, 0.1) is 19.0 Å². The van der Waals surface area contributed by atoms with E-state index < -0.39 is 0 Å². The quantitative estimate of drug-likeness (QED) is 0.484. The monoisotopic (exact) mass is 389 g/mol. The second-order valence-electron chi connectivity index (χ2n) is 7.16. The molecule has 0 bridgehead atoms. The molecular weight excluding hydrogens is 366 g/mol. The molecule has 4 heterocycles. The number of aromatic nitrogens is 5. The third kappa shape index (κ3) is 3.42. The van der Waals surface area contributed by atoms with Crippen LogP contribution >= 0.6 is 0 Å². The lowest BCUT2D eigenvalue weighted by Gasteiger charge is -2.24. The van der Waals surface area contributed by atoms with E-state index in [2.05, 4.69) is 36.6 Å². The van der Waals surface area contributed by atoms with Crippen LogP contribution in [0.2, 0.25) is 0 Å². The third-order valence-electron chi connectivity index (χ3n) is 5.35. The van der Waals surface area contributed by atoms with E-state index in [-0.39, 0.29) is 0 Å². The fourth-order valence-electron chi connectivity index (χ4n) is 3.88. The number of nitrogens with zero attached hydrogens (tertiary/aromatic N) is 4. The number of ether oxygens (including phenoxy) is 1. The van der Waals surface area contributed by atoms with Gasteiger partial charge in [0.25, 0.3) is 0 Å². The molecule has 0 amide bonds. The van der Waals surface area contributed by atoms with Crippen molar-refractivity contribution < 1.29 is 4.74 Å². The molecule has 0 aliphatic carbocycles. The first-order valence-corrected chi connectivity index (χ1v) is 9.82. The molecule has 148 valence electrons. The first kappa shape index (κ1) is 17.7. The topological polar surface area (TPSA) is 92.7 Å². The summed E-state index contributed by atoms with van der Waals surface area (Å²) in [6.07, 6.45) is 6.04. The van der Waals surface area contributed by atoms with Gasteiger partial charge in [-0.1, -0.05) is 12.1 Å². The Morgan fingerprint density at radius 3 is 2.86 bits per heavy atom. The molecule has 1 aliphatic rings. The number of piperidine rings is 1. The maximum atomic E-state index is 5.44. The maximum absolute atomic E-state index is 5.44. The highest BCUT2D eigenvalue weighted by Gasteiger charge is 2.18. The van der Waals surface area contributed by atoms with Crippen LogP contribution in [0.3, 0.4) is 0 Å². The zero-order valence-electron chi connectivity index (χ0n) is 16.2. The zero-order valence-corrected chi connectivity index (χ0v) is 16.2. The van der Waals surface area contributed by atoms with E-state index >= 15 is 0 Å². The Bertz CT molecular complexity index is 1130. The summed E-state index contributed by atoms with van der Waals surface area (Å²) in [5.74, 6) is 2.15. The lowest BCUT2D eigenvalue weighted by molar-refractivity contribution is 0.375. The summed E-state index contributed by atoms with van der Waals surface area (Å²) in [6, 6.07) is 12.3. The molecule has 0 unspecified atom stereocenters. The number of rotatable bonds is 5. The van der Waals surface area contributed by atoms with Gasteiger partial charge in [-0.05, 0) is 44.1 Å². The molecule has 1 aromatic carbocycles. The first-order valence-electron chi connectivity index (χ1n) is 9.82. The van der Waals surface area contributed by atoms with Crippen LogP contribution in [-0.4, -0.2) is 44.9 Å². The Hall–Kier alpha value is -3.39. The lowest BCUT2D eigenvalue weighted by atomic mass is 10.1. The van der Waals surface area contributed by atoms with Crippen LogP contribution in [0.25, 0.3) is 22.4 Å². The second kappa shape index (κ2) is 7.56. The Morgan fingerprint density at radius 1 is 1.14 bits per heavy atom. The smallest absolute Gasteiger partial charge is 0.161 e. The molecule has 8 heteroatoms. The van der Waals surface area contributed by atoms with Crippen LogP contribution in [0.5, 0.6) is 5.75 Å². The molecule has 0 atom stereocenters. The number of aromatic amines is 1. The minimum absolute atomic E-state index is 0.459. The summed E-state index contributed by atoms with van der Waals surface area (Å²) in [5.41, 5.74) is 3.64. The van der Waals surface area contributed by atoms with Crippen molar-refractivity contribution in [1.82, 2.24) is 30.0 Å². The number of hydrogen-bond acceptors (Lipinski definition) is 6. The van der Waals surface area contributed by atoms with Crippen molar-refractivity contribution in [3.63, 3.8) is 0 Å². The van der Waals surface area contributed by atoms with Crippen LogP contribution < -0.4 is 15.4 Å². The molecule has 5 rings (SSSR count). The predicted octanol–water partition coefficient (Wildman–Crippen LogP) is 3.50. The lowest BCUT2D eigenvalue weighted by Crippen LogP contribution is -2.29. The van der Waals surface area contributed by atoms with Crippen molar-refractivity contribution in [1.29, 1.82) is 0 Å². The number of H-pyrrole nitrogens is 1. The van der Waals surface area contributed by atoms with Crippen LogP contribution in [-0.2, 0) is 0 Å². The second-order valence-corrected chi connectivity index (χ2v) is 7.16. The van der Waals surface area contributed by atoms with E-state index in [1.165, 1.54) is 0 Å². The standard InChI is InChI=1S/C21H23N7O/c1-29-18-5-3-2-4-15(18)17-12-19(27-26-17)24-20-13-23-16-8-11-28(21(16)25-20)14-6-9-22-10-7-14/h2-5,8,11-14,22H,6-7,9-10H2,1H3,(H2,24,25,26,27). The molecule has 0 radical (unpaired) electrons. The summed E-state index contributed by atoms with van der Waals surface area (Å²) in [7, 11) is 1.66. The highest BCUT2D eigenvalue weighted by molar-refractivity contribution is 5.75. The SMILES string of the molecule is COc1ccccc1-c1cc(Nc2cnc3ccn(C4CCNCC4)c3n2)n[nH]1. The van der Waals surface area contributed by atoms with Crippen molar-refractivity contribution in [2.24, 2.45) is 0 Å². The predicted molar refractivity (Wildman–Crippen MR) is 113 cm³/mol. The number of anilines is 2. The summed E-state index contributed by atoms with van der Waals surface area (Å²) in [4.78, 5) is 9.38. The van der Waals surface area contributed by atoms with E-state index in [0.717, 1.165) is 54.1 Å². The van der Waals surface area contributed by atoms with E-state index in [4.69, 9.17) is 9.72 Å². The number of methoxy groups -OCH3 is 1. The van der Waals surface area contributed by atoms with Gasteiger partial charge in [-0.15, -0.1) is 0 Å². The van der Waals surface area contributed by atoms with Gasteiger partial charge < -0.3 is 19.9 Å². The van der Waals surface area contributed by atoms with Crippen LogP contribution in [0.4, 0.5) is 11.6 Å². The van der Waals surface area contributed by atoms with Crippen molar-refractivity contribution in [3.8, 4) is 17.0 Å².